The van der Waals surface area contributed by atoms with Crippen molar-refractivity contribution in [3.63, 3.8) is 0 Å². The maximum atomic E-state index is 5.96. The summed E-state index contributed by atoms with van der Waals surface area (Å²) in [7, 11) is 0. The average molecular weight is 333 g/mol. The first kappa shape index (κ1) is 16.8. The molecular weight excluding hydrogens is 312 g/mol. The maximum absolute atomic E-state index is 5.96. The van der Waals surface area contributed by atoms with Crippen molar-refractivity contribution < 1.29 is 0 Å². The summed E-state index contributed by atoms with van der Waals surface area (Å²) in [6.07, 6.45) is 3.57. The molecular formula is C18H21ClN2S. The van der Waals surface area contributed by atoms with Crippen LogP contribution >= 0.6 is 23.8 Å². The number of hydrogen-bond donors (Lipinski definition) is 2. The normalized spacial score (nSPS) is 10.3. The Labute approximate surface area is 142 Å². The molecule has 0 atom stereocenters. The molecule has 2 nitrogen and oxygen atoms in total. The van der Waals surface area contributed by atoms with E-state index in [1.54, 1.807) is 0 Å². The first-order valence-corrected chi connectivity index (χ1v) is 8.30. The molecule has 0 bridgehead atoms. The molecule has 0 radical (unpaired) electrons. The van der Waals surface area contributed by atoms with Crippen LogP contribution in [0.15, 0.2) is 42.5 Å². The highest BCUT2D eigenvalue weighted by molar-refractivity contribution is 7.80. The van der Waals surface area contributed by atoms with E-state index in [1.165, 1.54) is 18.4 Å². The molecule has 2 rings (SSSR count). The van der Waals surface area contributed by atoms with Crippen LogP contribution < -0.4 is 10.6 Å². The van der Waals surface area contributed by atoms with E-state index >= 15 is 0 Å². The Balaban J connectivity index is 1.94. The zero-order chi connectivity index (χ0) is 15.9. The molecule has 0 aliphatic rings. The third kappa shape index (κ3) is 5.00. The second kappa shape index (κ2) is 8.16. The minimum atomic E-state index is 0.576. The quantitative estimate of drug-likeness (QED) is 0.676. The minimum Gasteiger partial charge on any atom is -0.332 e. The third-order valence-corrected chi connectivity index (χ3v) is 3.91. The fourth-order valence-electron chi connectivity index (χ4n) is 2.19. The van der Waals surface area contributed by atoms with Crippen molar-refractivity contribution in [3.8, 4) is 0 Å². The standard InChI is InChI=1S/C18H21ClN2S/c1-3-4-5-14-6-9-16(10-7-14)20-18(22)21-17-11-8-15(19)12-13(17)2/h6-12H,3-5H2,1-2H3,(H2,20,21,22). The van der Waals surface area contributed by atoms with Crippen LogP contribution in [0.2, 0.25) is 5.02 Å². The number of halogens is 1. The summed E-state index contributed by atoms with van der Waals surface area (Å²) in [5, 5.41) is 7.70. The van der Waals surface area contributed by atoms with Crippen molar-refractivity contribution in [2.24, 2.45) is 0 Å². The van der Waals surface area contributed by atoms with Gasteiger partial charge in [-0.1, -0.05) is 37.1 Å². The first-order valence-electron chi connectivity index (χ1n) is 7.51. The van der Waals surface area contributed by atoms with Crippen LogP contribution in [0.3, 0.4) is 0 Å². The van der Waals surface area contributed by atoms with Gasteiger partial charge in [-0.05, 0) is 73.4 Å². The number of unbranched alkanes of at least 4 members (excludes halogenated alkanes) is 1. The molecule has 0 saturated carbocycles. The summed E-state index contributed by atoms with van der Waals surface area (Å²) in [5.74, 6) is 0. The van der Waals surface area contributed by atoms with Crippen LogP contribution in [0, 0.1) is 6.92 Å². The van der Waals surface area contributed by atoms with Crippen LogP contribution in [0.25, 0.3) is 0 Å². The fraction of sp³-hybridized carbons (Fsp3) is 0.278. The van der Waals surface area contributed by atoms with Gasteiger partial charge in [-0.2, -0.15) is 0 Å². The van der Waals surface area contributed by atoms with Gasteiger partial charge in [0.05, 0.1) is 0 Å². The first-order chi connectivity index (χ1) is 10.6. The van der Waals surface area contributed by atoms with Gasteiger partial charge in [-0.3, -0.25) is 0 Å². The van der Waals surface area contributed by atoms with Gasteiger partial charge in [0, 0.05) is 16.4 Å². The summed E-state index contributed by atoms with van der Waals surface area (Å²) >= 11 is 11.3. The van der Waals surface area contributed by atoms with E-state index in [1.807, 2.05) is 25.1 Å². The number of hydrogen-bond acceptors (Lipinski definition) is 1. The lowest BCUT2D eigenvalue weighted by Gasteiger charge is -2.13. The van der Waals surface area contributed by atoms with Gasteiger partial charge in [0.15, 0.2) is 5.11 Å². The summed E-state index contributed by atoms with van der Waals surface area (Å²) in [5.41, 5.74) is 4.37. The van der Waals surface area contributed by atoms with Crippen LogP contribution in [-0.2, 0) is 6.42 Å². The number of nitrogens with one attached hydrogen (secondary N) is 2. The van der Waals surface area contributed by atoms with Crippen molar-refractivity contribution in [3.05, 3.63) is 58.6 Å². The predicted molar refractivity (Wildman–Crippen MR) is 101 cm³/mol. The van der Waals surface area contributed by atoms with Gasteiger partial charge in [0.2, 0.25) is 0 Å². The van der Waals surface area contributed by atoms with Crippen LogP contribution in [0.1, 0.15) is 30.9 Å². The molecule has 22 heavy (non-hydrogen) atoms. The molecule has 0 aromatic heterocycles. The topological polar surface area (TPSA) is 24.1 Å². The summed E-state index contributed by atoms with van der Waals surface area (Å²) in [4.78, 5) is 0. The van der Waals surface area contributed by atoms with Crippen molar-refractivity contribution >= 4 is 40.3 Å². The highest BCUT2D eigenvalue weighted by Crippen LogP contribution is 2.20. The molecule has 0 spiro atoms. The summed E-state index contributed by atoms with van der Waals surface area (Å²) in [6, 6.07) is 14.1. The SMILES string of the molecule is CCCCc1ccc(NC(=S)Nc2ccc(Cl)cc2C)cc1. The maximum Gasteiger partial charge on any atom is 0.175 e. The number of rotatable bonds is 5. The van der Waals surface area contributed by atoms with Crippen LogP contribution in [-0.4, -0.2) is 5.11 Å². The summed E-state index contributed by atoms with van der Waals surface area (Å²) < 4.78 is 0. The Kier molecular flexibility index (Phi) is 6.22. The lowest BCUT2D eigenvalue weighted by atomic mass is 10.1. The molecule has 4 heteroatoms. The van der Waals surface area contributed by atoms with Crippen molar-refractivity contribution in [1.82, 2.24) is 0 Å². The molecule has 2 aromatic carbocycles. The molecule has 0 fully saturated rings. The number of benzene rings is 2. The highest BCUT2D eigenvalue weighted by atomic mass is 35.5. The molecule has 2 aromatic rings. The molecule has 2 N–H and O–H groups in total. The third-order valence-electron chi connectivity index (χ3n) is 3.47. The predicted octanol–water partition coefficient (Wildman–Crippen LogP) is 5.80. The zero-order valence-corrected chi connectivity index (χ0v) is 14.5. The number of thiocarbonyl (C=S) groups is 1. The number of aryl methyl sites for hydroxylation is 2. The van der Waals surface area contributed by atoms with Gasteiger partial charge in [0.25, 0.3) is 0 Å². The van der Waals surface area contributed by atoms with E-state index in [9.17, 15) is 0 Å². The average Bonchev–Trinajstić information content (AvgIpc) is 2.49. The van der Waals surface area contributed by atoms with E-state index < -0.39 is 0 Å². The molecule has 0 aliphatic carbocycles. The van der Waals surface area contributed by atoms with Crippen LogP contribution in [0.5, 0.6) is 0 Å². The van der Waals surface area contributed by atoms with Gasteiger partial charge in [0.1, 0.15) is 0 Å². The van der Waals surface area contributed by atoms with E-state index in [4.69, 9.17) is 23.8 Å². The Hall–Kier alpha value is -1.58. The van der Waals surface area contributed by atoms with E-state index in [0.29, 0.717) is 5.11 Å². The van der Waals surface area contributed by atoms with Crippen molar-refractivity contribution in [2.75, 3.05) is 10.6 Å². The van der Waals surface area contributed by atoms with Gasteiger partial charge in [-0.25, -0.2) is 0 Å². The van der Waals surface area contributed by atoms with Gasteiger partial charge >= 0.3 is 0 Å². The Morgan fingerprint density at radius 3 is 2.45 bits per heavy atom. The van der Waals surface area contributed by atoms with E-state index in [0.717, 1.165) is 28.4 Å². The Bertz CT molecular complexity index is 638. The van der Waals surface area contributed by atoms with Crippen molar-refractivity contribution in [1.29, 1.82) is 0 Å². The zero-order valence-electron chi connectivity index (χ0n) is 12.9. The Morgan fingerprint density at radius 1 is 1.09 bits per heavy atom. The van der Waals surface area contributed by atoms with Crippen molar-refractivity contribution in [2.45, 2.75) is 33.1 Å². The molecule has 116 valence electrons. The van der Waals surface area contributed by atoms with Gasteiger partial charge < -0.3 is 10.6 Å². The largest absolute Gasteiger partial charge is 0.332 e. The smallest absolute Gasteiger partial charge is 0.175 e. The fourth-order valence-corrected chi connectivity index (χ4v) is 2.64. The molecule has 0 unspecified atom stereocenters. The number of anilines is 2. The Morgan fingerprint density at radius 2 is 1.82 bits per heavy atom. The lowest BCUT2D eigenvalue weighted by molar-refractivity contribution is 0.795. The monoisotopic (exact) mass is 332 g/mol. The molecule has 0 amide bonds. The van der Waals surface area contributed by atoms with Crippen LogP contribution in [0.4, 0.5) is 11.4 Å². The molecule has 0 saturated heterocycles. The second-order valence-electron chi connectivity index (χ2n) is 5.34. The highest BCUT2D eigenvalue weighted by Gasteiger charge is 2.03. The minimum absolute atomic E-state index is 0.576. The van der Waals surface area contributed by atoms with E-state index in [-0.39, 0.29) is 0 Å². The second-order valence-corrected chi connectivity index (χ2v) is 6.18. The van der Waals surface area contributed by atoms with E-state index in [2.05, 4.69) is 41.8 Å². The summed E-state index contributed by atoms with van der Waals surface area (Å²) in [6.45, 7) is 4.21. The van der Waals surface area contributed by atoms with Gasteiger partial charge in [-0.15, -0.1) is 0 Å². The lowest BCUT2D eigenvalue weighted by Crippen LogP contribution is -2.19. The molecule has 0 heterocycles. The molecule has 0 aliphatic heterocycles.